The van der Waals surface area contributed by atoms with Crippen molar-refractivity contribution >= 4 is 5.96 Å². The van der Waals surface area contributed by atoms with Gasteiger partial charge in [-0.1, -0.05) is 0 Å². The first kappa shape index (κ1) is 9.36. The van der Waals surface area contributed by atoms with Crippen molar-refractivity contribution in [2.45, 2.75) is 45.7 Å². The van der Waals surface area contributed by atoms with Crippen LogP contribution < -0.4 is 10.6 Å². The largest absolute Gasteiger partial charge is 0.354 e. The van der Waals surface area contributed by atoms with Crippen LogP contribution in [-0.4, -0.2) is 23.6 Å². The molecular weight excluding hydrogens is 150 g/mol. The second-order valence-electron chi connectivity index (χ2n) is 5.00. The summed E-state index contributed by atoms with van der Waals surface area (Å²) in [4.78, 5) is 4.50. The summed E-state index contributed by atoms with van der Waals surface area (Å²) in [6.07, 6.45) is 0. The van der Waals surface area contributed by atoms with Crippen molar-refractivity contribution in [2.24, 2.45) is 4.99 Å². The van der Waals surface area contributed by atoms with Crippen molar-refractivity contribution in [3.8, 4) is 0 Å². The summed E-state index contributed by atoms with van der Waals surface area (Å²) in [5.41, 5.74) is 0.139. The van der Waals surface area contributed by atoms with Gasteiger partial charge in [-0.3, -0.25) is 0 Å². The molecule has 0 spiro atoms. The van der Waals surface area contributed by atoms with Gasteiger partial charge in [0.05, 0.1) is 5.54 Å². The standard InChI is InChI=1S/C9H19N3/c1-8(2,3)11-7-10-6-9(4,5)12-7/h6H2,1-5H3,(H2,10,11,12). The average molecular weight is 169 g/mol. The van der Waals surface area contributed by atoms with Crippen LogP contribution in [0.25, 0.3) is 0 Å². The minimum Gasteiger partial charge on any atom is -0.354 e. The normalized spacial score (nSPS) is 21.6. The third kappa shape index (κ3) is 2.72. The molecule has 0 saturated carbocycles. The summed E-state index contributed by atoms with van der Waals surface area (Å²) in [7, 11) is 0. The fraction of sp³-hybridized carbons (Fsp3) is 0.889. The Morgan fingerprint density at radius 3 is 2.33 bits per heavy atom. The van der Waals surface area contributed by atoms with Gasteiger partial charge in [0, 0.05) is 12.1 Å². The minimum atomic E-state index is 0.0492. The zero-order chi connectivity index (χ0) is 9.41. The van der Waals surface area contributed by atoms with Gasteiger partial charge in [0.1, 0.15) is 0 Å². The molecule has 1 aliphatic rings. The second kappa shape index (κ2) is 2.64. The van der Waals surface area contributed by atoms with Crippen LogP contribution in [0.5, 0.6) is 0 Å². The molecule has 0 radical (unpaired) electrons. The van der Waals surface area contributed by atoms with E-state index in [9.17, 15) is 0 Å². The zero-order valence-electron chi connectivity index (χ0n) is 8.65. The van der Waals surface area contributed by atoms with Gasteiger partial charge in [-0.25, -0.2) is 4.99 Å². The number of nitrogens with one attached hydrogen (secondary N) is 2. The maximum absolute atomic E-state index is 4.50. The van der Waals surface area contributed by atoms with E-state index in [0.29, 0.717) is 0 Å². The lowest BCUT2D eigenvalue weighted by atomic mass is 10.1. The lowest BCUT2D eigenvalue weighted by molar-refractivity contribution is 0.506. The topological polar surface area (TPSA) is 36.4 Å². The van der Waals surface area contributed by atoms with Crippen molar-refractivity contribution in [2.75, 3.05) is 6.54 Å². The smallest absolute Gasteiger partial charge is 0.192 e. The number of hydrogen-bond acceptors (Lipinski definition) is 3. The summed E-state index contributed by atoms with van der Waals surface area (Å²) in [5.74, 6) is 0.924. The molecule has 0 fully saturated rings. The molecule has 1 rings (SSSR count). The first-order chi connectivity index (χ1) is 5.29. The van der Waals surface area contributed by atoms with Crippen molar-refractivity contribution in [3.05, 3.63) is 0 Å². The molecule has 0 amide bonds. The lowest BCUT2D eigenvalue weighted by Gasteiger charge is -2.21. The predicted molar refractivity (Wildman–Crippen MR) is 52.4 cm³/mol. The number of nitrogens with zero attached hydrogens (tertiary/aromatic N) is 1. The molecule has 0 unspecified atom stereocenters. The molecular formula is C9H19N3. The summed E-state index contributed by atoms with van der Waals surface area (Å²) < 4.78 is 0. The maximum atomic E-state index is 4.50. The van der Waals surface area contributed by atoms with E-state index in [1.807, 2.05) is 0 Å². The Morgan fingerprint density at radius 1 is 1.42 bits per heavy atom. The van der Waals surface area contributed by atoms with E-state index in [-0.39, 0.29) is 11.1 Å². The van der Waals surface area contributed by atoms with Crippen molar-refractivity contribution in [1.29, 1.82) is 0 Å². The van der Waals surface area contributed by atoms with Crippen molar-refractivity contribution in [3.63, 3.8) is 0 Å². The van der Waals surface area contributed by atoms with E-state index < -0.39 is 0 Å². The van der Waals surface area contributed by atoms with Crippen LogP contribution in [0.3, 0.4) is 0 Å². The highest BCUT2D eigenvalue weighted by molar-refractivity contribution is 5.82. The van der Waals surface area contributed by atoms with Gasteiger partial charge in [0.15, 0.2) is 5.96 Å². The van der Waals surface area contributed by atoms with Crippen LogP contribution in [0, 0.1) is 0 Å². The summed E-state index contributed by atoms with van der Waals surface area (Å²) in [6, 6.07) is 0. The van der Waals surface area contributed by atoms with Crippen LogP contribution in [0.15, 0.2) is 4.99 Å². The molecule has 0 aliphatic carbocycles. The van der Waals surface area contributed by atoms with Crippen molar-refractivity contribution < 1.29 is 0 Å². The first-order valence-electron chi connectivity index (χ1n) is 4.40. The first-order valence-corrected chi connectivity index (χ1v) is 4.40. The second-order valence-corrected chi connectivity index (χ2v) is 5.00. The highest BCUT2D eigenvalue weighted by atomic mass is 15.3. The van der Waals surface area contributed by atoms with E-state index in [4.69, 9.17) is 0 Å². The molecule has 1 aliphatic heterocycles. The third-order valence-electron chi connectivity index (χ3n) is 1.60. The van der Waals surface area contributed by atoms with Gasteiger partial charge in [0.25, 0.3) is 0 Å². The number of aliphatic imine (C=N–C) groups is 1. The fourth-order valence-corrected chi connectivity index (χ4v) is 1.11. The summed E-state index contributed by atoms with van der Waals surface area (Å²) in [5, 5.41) is 6.55. The molecule has 70 valence electrons. The lowest BCUT2D eigenvalue weighted by Crippen LogP contribution is -2.45. The van der Waals surface area contributed by atoms with Gasteiger partial charge in [-0.15, -0.1) is 0 Å². The summed E-state index contributed by atoms with van der Waals surface area (Å²) in [6.45, 7) is 11.5. The van der Waals surface area contributed by atoms with E-state index >= 15 is 0 Å². The van der Waals surface area contributed by atoms with Gasteiger partial charge >= 0.3 is 0 Å². The van der Waals surface area contributed by atoms with Gasteiger partial charge in [-0.05, 0) is 34.6 Å². The highest BCUT2D eigenvalue weighted by Gasteiger charge is 2.25. The number of rotatable bonds is 0. The molecule has 0 aromatic rings. The van der Waals surface area contributed by atoms with Crippen LogP contribution in [0.1, 0.15) is 34.6 Å². The van der Waals surface area contributed by atoms with Gasteiger partial charge in [0.2, 0.25) is 0 Å². The molecule has 0 atom stereocenters. The molecule has 3 nitrogen and oxygen atoms in total. The van der Waals surface area contributed by atoms with Crippen LogP contribution in [-0.2, 0) is 0 Å². The highest BCUT2D eigenvalue weighted by Crippen LogP contribution is 2.12. The van der Waals surface area contributed by atoms with E-state index in [1.54, 1.807) is 0 Å². The maximum Gasteiger partial charge on any atom is 0.192 e. The molecule has 12 heavy (non-hydrogen) atoms. The van der Waals surface area contributed by atoms with Gasteiger partial charge < -0.3 is 10.6 Å². The van der Waals surface area contributed by atoms with E-state index in [2.05, 4.69) is 50.2 Å². The Kier molecular flexibility index (Phi) is 2.06. The van der Waals surface area contributed by atoms with Gasteiger partial charge in [-0.2, -0.15) is 0 Å². The molecule has 0 saturated heterocycles. The quantitative estimate of drug-likeness (QED) is 0.570. The Morgan fingerprint density at radius 2 is 2.00 bits per heavy atom. The molecule has 1 heterocycles. The van der Waals surface area contributed by atoms with Crippen LogP contribution in [0.4, 0.5) is 0 Å². The molecule has 2 N–H and O–H groups in total. The molecule has 0 aromatic heterocycles. The van der Waals surface area contributed by atoms with Crippen LogP contribution in [0.2, 0.25) is 0 Å². The van der Waals surface area contributed by atoms with Crippen LogP contribution >= 0.6 is 0 Å². The Labute approximate surface area is 74.6 Å². The minimum absolute atomic E-state index is 0.0492. The SMILES string of the molecule is CC1(C)CNC(NC(C)(C)C)=N1. The monoisotopic (exact) mass is 169 g/mol. The van der Waals surface area contributed by atoms with Crippen molar-refractivity contribution in [1.82, 2.24) is 10.6 Å². The van der Waals surface area contributed by atoms with E-state index in [0.717, 1.165) is 12.5 Å². The fourth-order valence-electron chi connectivity index (χ4n) is 1.11. The van der Waals surface area contributed by atoms with E-state index in [1.165, 1.54) is 0 Å². The molecule has 3 heteroatoms. The predicted octanol–water partition coefficient (Wildman–Crippen LogP) is 1.11. The summed E-state index contributed by atoms with van der Waals surface area (Å²) >= 11 is 0. The Hall–Kier alpha value is -0.730. The molecule has 0 bridgehead atoms. The Balaban J connectivity index is 2.57. The molecule has 0 aromatic carbocycles. The third-order valence-corrected chi connectivity index (χ3v) is 1.60. The zero-order valence-corrected chi connectivity index (χ0v) is 8.65. The number of guanidine groups is 1. The average Bonchev–Trinajstić information content (AvgIpc) is 2.05. The number of hydrogen-bond donors (Lipinski definition) is 2. The Bertz CT molecular complexity index is 198.